The Labute approximate surface area is 96.9 Å². The van der Waals surface area contributed by atoms with Gasteiger partial charge in [-0.1, -0.05) is 0 Å². The number of rotatable bonds is 5. The first-order valence-corrected chi connectivity index (χ1v) is 5.55. The van der Waals surface area contributed by atoms with Crippen LogP contribution in [-0.2, 0) is 0 Å². The normalized spacial score (nSPS) is 11.2. The average Bonchev–Trinajstić information content (AvgIpc) is 2.16. The maximum absolute atomic E-state index is 5.42. The minimum absolute atomic E-state index is 0.00286. The molecule has 0 saturated heterocycles. The molecule has 0 saturated carbocycles. The van der Waals surface area contributed by atoms with Crippen LogP contribution in [0.3, 0.4) is 0 Å². The van der Waals surface area contributed by atoms with E-state index in [0.717, 1.165) is 24.6 Å². The second kappa shape index (κ2) is 5.65. The van der Waals surface area contributed by atoms with Gasteiger partial charge in [0.15, 0.2) is 0 Å². The molecule has 0 spiro atoms. The zero-order chi connectivity index (χ0) is 12.0. The first kappa shape index (κ1) is 12.7. The molecular weight excluding hydrogens is 202 g/mol. The van der Waals surface area contributed by atoms with Gasteiger partial charge in [0, 0.05) is 18.2 Å². The summed E-state index contributed by atoms with van der Waals surface area (Å²) in [5.41, 5.74) is 5.42. The van der Waals surface area contributed by atoms with E-state index in [1.807, 2.05) is 6.07 Å². The van der Waals surface area contributed by atoms with Crippen molar-refractivity contribution in [3.05, 3.63) is 12.4 Å². The lowest BCUT2D eigenvalue weighted by molar-refractivity contribution is 0.630. The minimum atomic E-state index is 0.00286. The molecule has 16 heavy (non-hydrogen) atoms. The van der Waals surface area contributed by atoms with E-state index < -0.39 is 0 Å². The molecule has 0 bridgehead atoms. The van der Waals surface area contributed by atoms with Crippen LogP contribution < -0.4 is 16.4 Å². The van der Waals surface area contributed by atoms with Gasteiger partial charge in [-0.15, -0.1) is 0 Å². The van der Waals surface area contributed by atoms with Gasteiger partial charge in [-0.05, 0) is 33.7 Å². The molecule has 1 aromatic rings. The summed E-state index contributed by atoms with van der Waals surface area (Å²) in [6.45, 7) is 7.80. The molecule has 0 radical (unpaired) electrons. The minimum Gasteiger partial charge on any atom is -0.370 e. The molecule has 0 aliphatic heterocycles. The molecule has 0 aromatic carbocycles. The Morgan fingerprint density at radius 2 is 1.94 bits per heavy atom. The summed E-state index contributed by atoms with van der Waals surface area (Å²) in [6, 6.07) is 1.90. The second-order valence-corrected chi connectivity index (χ2v) is 4.73. The highest BCUT2D eigenvalue weighted by atomic mass is 15.1. The number of hydrogen-bond acceptors (Lipinski definition) is 5. The van der Waals surface area contributed by atoms with Gasteiger partial charge in [-0.2, -0.15) is 0 Å². The molecule has 0 amide bonds. The molecule has 1 aromatic heterocycles. The summed E-state index contributed by atoms with van der Waals surface area (Å²) in [5.74, 6) is 1.66. The molecule has 0 fully saturated rings. The number of anilines is 2. The molecule has 90 valence electrons. The van der Waals surface area contributed by atoms with Gasteiger partial charge in [0.25, 0.3) is 0 Å². The average molecular weight is 223 g/mol. The van der Waals surface area contributed by atoms with Gasteiger partial charge in [-0.25, -0.2) is 9.97 Å². The van der Waals surface area contributed by atoms with Crippen LogP contribution >= 0.6 is 0 Å². The zero-order valence-electron chi connectivity index (χ0n) is 10.2. The zero-order valence-corrected chi connectivity index (χ0v) is 10.2. The molecule has 4 N–H and O–H groups in total. The van der Waals surface area contributed by atoms with Crippen LogP contribution in [0, 0.1) is 0 Å². The quantitative estimate of drug-likeness (QED) is 0.659. The van der Waals surface area contributed by atoms with Crippen LogP contribution in [0.15, 0.2) is 12.4 Å². The van der Waals surface area contributed by atoms with E-state index in [-0.39, 0.29) is 5.54 Å². The fourth-order valence-electron chi connectivity index (χ4n) is 1.23. The fraction of sp³-hybridized carbons (Fsp3) is 0.636. The summed E-state index contributed by atoms with van der Waals surface area (Å²) in [4.78, 5) is 8.30. The highest BCUT2D eigenvalue weighted by Gasteiger charge is 2.10. The Balaban J connectivity index is 2.57. The van der Waals surface area contributed by atoms with E-state index in [0.29, 0.717) is 6.54 Å². The highest BCUT2D eigenvalue weighted by Crippen LogP contribution is 2.13. The molecule has 1 rings (SSSR count). The van der Waals surface area contributed by atoms with Crippen LogP contribution in [-0.4, -0.2) is 28.6 Å². The van der Waals surface area contributed by atoms with Crippen molar-refractivity contribution in [3.63, 3.8) is 0 Å². The summed E-state index contributed by atoms with van der Waals surface area (Å²) >= 11 is 0. The molecule has 0 atom stereocenters. The van der Waals surface area contributed by atoms with E-state index in [2.05, 4.69) is 41.4 Å². The monoisotopic (exact) mass is 223 g/mol. The van der Waals surface area contributed by atoms with Crippen LogP contribution in [0.5, 0.6) is 0 Å². The van der Waals surface area contributed by atoms with Crippen molar-refractivity contribution in [1.29, 1.82) is 0 Å². The molecule has 0 aliphatic carbocycles. The predicted molar refractivity (Wildman–Crippen MR) is 67.6 cm³/mol. The van der Waals surface area contributed by atoms with Gasteiger partial charge in [0.2, 0.25) is 0 Å². The summed E-state index contributed by atoms with van der Waals surface area (Å²) in [6.07, 6.45) is 2.49. The number of aromatic nitrogens is 2. The number of nitrogens with two attached hydrogens (primary N) is 1. The number of nitrogens with zero attached hydrogens (tertiary/aromatic N) is 2. The van der Waals surface area contributed by atoms with E-state index in [1.54, 1.807) is 6.33 Å². The molecule has 5 heteroatoms. The van der Waals surface area contributed by atoms with Gasteiger partial charge in [0.05, 0.1) is 0 Å². The molecule has 0 unspecified atom stereocenters. The molecular formula is C11H21N5. The van der Waals surface area contributed by atoms with Crippen molar-refractivity contribution in [2.24, 2.45) is 5.73 Å². The molecule has 1 heterocycles. The van der Waals surface area contributed by atoms with Crippen molar-refractivity contribution in [2.75, 3.05) is 23.7 Å². The Hall–Kier alpha value is -1.36. The lowest BCUT2D eigenvalue weighted by atomic mass is 10.1. The van der Waals surface area contributed by atoms with Crippen LogP contribution in [0.1, 0.15) is 27.2 Å². The molecule has 5 nitrogen and oxygen atoms in total. The third-order valence-corrected chi connectivity index (χ3v) is 1.86. The largest absolute Gasteiger partial charge is 0.370 e. The maximum atomic E-state index is 5.42. The second-order valence-electron chi connectivity index (χ2n) is 4.73. The Kier molecular flexibility index (Phi) is 4.49. The van der Waals surface area contributed by atoms with Crippen LogP contribution in [0.25, 0.3) is 0 Å². The SMILES string of the molecule is CC(C)(C)Nc1cc(NCCCN)ncn1. The van der Waals surface area contributed by atoms with Gasteiger partial charge >= 0.3 is 0 Å². The standard InChI is InChI=1S/C11H21N5/c1-11(2,3)16-10-7-9(14-8-15-10)13-6-4-5-12/h7-8H,4-6,12H2,1-3H3,(H2,13,14,15,16). The summed E-state index contributed by atoms with van der Waals surface area (Å²) in [7, 11) is 0. The smallest absolute Gasteiger partial charge is 0.131 e. The lowest BCUT2D eigenvalue weighted by Crippen LogP contribution is -2.26. The first-order chi connectivity index (χ1) is 7.51. The van der Waals surface area contributed by atoms with E-state index in [9.17, 15) is 0 Å². The van der Waals surface area contributed by atoms with E-state index in [1.165, 1.54) is 0 Å². The van der Waals surface area contributed by atoms with Gasteiger partial charge in [0.1, 0.15) is 18.0 Å². The van der Waals surface area contributed by atoms with E-state index in [4.69, 9.17) is 5.73 Å². The van der Waals surface area contributed by atoms with E-state index >= 15 is 0 Å². The van der Waals surface area contributed by atoms with Gasteiger partial charge < -0.3 is 16.4 Å². The van der Waals surface area contributed by atoms with Gasteiger partial charge in [-0.3, -0.25) is 0 Å². The van der Waals surface area contributed by atoms with Crippen molar-refractivity contribution < 1.29 is 0 Å². The van der Waals surface area contributed by atoms with Crippen molar-refractivity contribution >= 4 is 11.6 Å². The Morgan fingerprint density at radius 3 is 2.56 bits per heavy atom. The molecule has 0 aliphatic rings. The predicted octanol–water partition coefficient (Wildman–Crippen LogP) is 1.45. The van der Waals surface area contributed by atoms with Crippen molar-refractivity contribution in [1.82, 2.24) is 9.97 Å². The fourth-order valence-corrected chi connectivity index (χ4v) is 1.23. The maximum Gasteiger partial charge on any atom is 0.131 e. The lowest BCUT2D eigenvalue weighted by Gasteiger charge is -2.21. The van der Waals surface area contributed by atoms with Crippen LogP contribution in [0.2, 0.25) is 0 Å². The summed E-state index contributed by atoms with van der Waals surface area (Å²) < 4.78 is 0. The Morgan fingerprint density at radius 1 is 1.25 bits per heavy atom. The van der Waals surface area contributed by atoms with Crippen molar-refractivity contribution in [2.45, 2.75) is 32.7 Å². The van der Waals surface area contributed by atoms with Crippen molar-refractivity contribution in [3.8, 4) is 0 Å². The summed E-state index contributed by atoms with van der Waals surface area (Å²) in [5, 5.41) is 6.50. The third-order valence-electron chi connectivity index (χ3n) is 1.86. The highest BCUT2D eigenvalue weighted by molar-refractivity contribution is 5.47. The number of nitrogens with one attached hydrogen (secondary N) is 2. The first-order valence-electron chi connectivity index (χ1n) is 5.55. The third kappa shape index (κ3) is 4.93. The topological polar surface area (TPSA) is 75.9 Å². The van der Waals surface area contributed by atoms with Crippen LogP contribution in [0.4, 0.5) is 11.6 Å². The Bertz CT molecular complexity index is 318. The number of hydrogen-bond donors (Lipinski definition) is 3.